The van der Waals surface area contributed by atoms with Crippen LogP contribution in [0.15, 0.2) is 0 Å². The van der Waals surface area contributed by atoms with Crippen LogP contribution in [0.4, 0.5) is 0 Å². The van der Waals surface area contributed by atoms with Crippen molar-refractivity contribution >= 4 is 539 Å². The van der Waals surface area contributed by atoms with Gasteiger partial charge in [0.25, 0.3) is 0 Å². The van der Waals surface area contributed by atoms with Crippen molar-refractivity contribution in [3.05, 3.63) is 66.8 Å². The standard InChI is InChI=1S/C122H4/c1-115-103-85-71-55-37-21-7-3-5-9-13-11(7)25-33(21)59(71)75-63-41(25)43-27(13)35-23(9)39-31-17(5)19-15(3)29(37)47-51-45(19)53-49(31)69-57(39)73-61(35)77-65(43)83(63)101-107(93(75)85)119(115)120-108-94-76-60-34-22-8-4-6-10-14-12(8)26(34)42-44-28(14)36-24(10)40-32-18(6)20-16(4)30-38(22)56-68-48(30)52-46(20)54-50(32)70-58(40)74-62(36)78-66(44)84(64(42)76)102(108)110-96(78)88(74)106-92(70)100-82(54)80(52)98-90(68)104(86(94)72(56)60)116(1,120)112(98)114(100)118(106)2-117-105(87(73)95(77)109(101)121(117,119)122(110,118)120)91(69)99-81(53)79(51)97(89(103)67(47)55)111(115)113(99)117/h1-2H2. The third kappa shape index (κ3) is 1.85. The highest BCUT2D eigenvalue weighted by molar-refractivity contribution is 6.86. The van der Waals surface area contributed by atoms with Crippen LogP contribution in [0, 0.1) is 0 Å². The smallest absolute Gasteiger partial charge is 0.0235 e. The van der Waals surface area contributed by atoms with Crippen LogP contribution in [0.5, 0.6) is 0 Å². The molecule has 3 saturated carbocycles. The van der Waals surface area contributed by atoms with E-state index in [-0.39, 0.29) is 0 Å². The van der Waals surface area contributed by atoms with Crippen molar-refractivity contribution in [2.24, 2.45) is 0 Å². The molecule has 8 spiro atoms. The fourth-order valence-corrected chi connectivity index (χ4v) is 53.9. The third-order valence-corrected chi connectivity index (χ3v) is 51.3. The molecule has 122 heavy (non-hydrogen) atoms. The zero-order chi connectivity index (χ0) is 70.1. The van der Waals surface area contributed by atoms with E-state index in [1.54, 1.807) is 431 Å². The second-order valence-electron chi connectivity index (χ2n) is 49.0. The Morgan fingerprint density at radius 2 is 0.139 bits per heavy atom. The van der Waals surface area contributed by atoms with Gasteiger partial charge in [0.15, 0.2) is 0 Å². The summed E-state index contributed by atoms with van der Waals surface area (Å²) in [6, 6.07) is 0. The fraction of sp³-hybridized carbons (Fsp3) is 0.0820. The maximum atomic E-state index is 2.02. The summed E-state index contributed by atoms with van der Waals surface area (Å²) in [4.78, 5) is 0. The van der Waals surface area contributed by atoms with Crippen molar-refractivity contribution in [1.82, 2.24) is 0 Å². The Morgan fingerprint density at radius 1 is 0.0656 bits per heavy atom. The zero-order valence-electron chi connectivity index (χ0n) is 61.4. The highest BCUT2D eigenvalue weighted by Gasteiger charge is 3.15. The Hall–Kier alpha value is -14.6. The molecule has 4 atom stereocenters. The summed E-state index contributed by atoms with van der Waals surface area (Å²) in [5.41, 5.74) is 20.7. The average Bonchev–Trinajstić information content (AvgIpc) is 1.31. The minimum atomic E-state index is -0.409. The van der Waals surface area contributed by atoms with Crippen LogP contribution in [0.1, 0.15) is 79.6 Å². The van der Waals surface area contributed by atoms with Crippen molar-refractivity contribution in [2.45, 2.75) is 56.2 Å². The van der Waals surface area contributed by atoms with Crippen LogP contribution in [0.2, 0.25) is 0 Å². The molecular weight excluding hydrogens is 1470 g/mol. The molecule has 67 rings (SSSR count). The van der Waals surface area contributed by atoms with Gasteiger partial charge in [-0.15, -0.1) is 0 Å². The monoisotopic (exact) mass is 1470 g/mol. The maximum absolute atomic E-state index is 2.02. The van der Waals surface area contributed by atoms with E-state index in [2.05, 4.69) is 0 Å². The SMILES string of the molecule is C1C23c4c5c6c7c8c9c%10c%11c%12c(c%13c%14c2c2c4c4c6c6c%15c7c7c9c9c%10c%10c%12c%12c%13c%13c%14c%14c2c2c4c6c4c6c2c%14c2c%13c%13c%12c%10c%10c9c9c7c%15c4c4c9c%10c%13c2c64)C32C34c6c7c9c%10c%12c%13c%14c%15c(c%16c%17c%18c(c%19c6c6c%20c7c7c%10c%10c%12c%12c%14c%14c%21c%15c%17c%15c%17c%18c%18c%19c6c6c%19c%20c7c7c%10c%10c%12c%14c%12c(c%15%21)c%14c%17c%18c6c6c%19c7c%10c%12c%146)C1%163)C%131CC58C%112C914. The van der Waals surface area contributed by atoms with Crippen LogP contribution in [-0.4, -0.2) is 0 Å². The molecule has 52 aromatic rings. The lowest BCUT2D eigenvalue weighted by molar-refractivity contribution is -0.183. The van der Waals surface area contributed by atoms with Crippen molar-refractivity contribution in [3.63, 3.8) is 0 Å². The summed E-state index contributed by atoms with van der Waals surface area (Å²) in [7, 11) is 0. The average molecular weight is 1470 g/mol. The molecule has 0 nitrogen and oxygen atoms in total. The van der Waals surface area contributed by atoms with Gasteiger partial charge >= 0.3 is 0 Å². The molecule has 0 amide bonds. The maximum Gasteiger partial charge on any atom is 0.0353 e. The van der Waals surface area contributed by atoms with E-state index in [0.29, 0.717) is 0 Å². The highest BCUT2D eigenvalue weighted by atomic mass is 15.1. The predicted molar refractivity (Wildman–Crippen MR) is 507 cm³/mol. The van der Waals surface area contributed by atoms with Crippen molar-refractivity contribution < 1.29 is 0 Å². The Bertz CT molecular complexity index is 14100. The van der Waals surface area contributed by atoms with Gasteiger partial charge in [-0.2, -0.15) is 0 Å². The summed E-state index contributed by atoms with van der Waals surface area (Å²) in [5, 5.41) is 177. The second kappa shape index (κ2) is 8.58. The van der Waals surface area contributed by atoms with Crippen LogP contribution >= 0.6 is 0 Å². The molecule has 0 aromatic heterocycles. The fourth-order valence-electron chi connectivity index (χ4n) is 53.9. The Labute approximate surface area is 656 Å². The van der Waals surface area contributed by atoms with E-state index in [1.807, 2.05) is 174 Å². The Kier molecular flexibility index (Phi) is 2.91. The summed E-state index contributed by atoms with van der Waals surface area (Å²) < 4.78 is 0. The molecule has 0 bridgehead atoms. The molecule has 0 saturated heterocycles. The predicted octanol–water partition coefficient (Wildman–Crippen LogP) is 31.2. The van der Waals surface area contributed by atoms with E-state index in [9.17, 15) is 0 Å². The van der Waals surface area contributed by atoms with Crippen molar-refractivity contribution in [2.75, 3.05) is 0 Å². The summed E-state index contributed by atoms with van der Waals surface area (Å²) in [6.45, 7) is 0. The first kappa shape index (κ1) is 41.4. The number of hydrogen-bond acceptors (Lipinski definition) is 0. The highest BCUT2D eigenvalue weighted by Crippen LogP contribution is 3.14. The minimum absolute atomic E-state index is 0.403. The number of hydrogen-bond donors (Lipinski definition) is 0. The first-order chi connectivity index (χ1) is 60.9. The van der Waals surface area contributed by atoms with Gasteiger partial charge < -0.3 is 0 Å². The van der Waals surface area contributed by atoms with Crippen LogP contribution in [-0.2, 0) is 43.3 Å². The van der Waals surface area contributed by atoms with E-state index in [1.165, 1.54) is 12.8 Å². The molecule has 492 valence electrons. The Balaban J connectivity index is 0.817. The molecule has 0 N–H and O–H groups in total. The zero-order valence-corrected chi connectivity index (χ0v) is 61.4. The van der Waals surface area contributed by atoms with Crippen LogP contribution in [0.25, 0.3) is 539 Å². The Morgan fingerprint density at radius 3 is 0.246 bits per heavy atom. The molecule has 15 aliphatic rings. The van der Waals surface area contributed by atoms with Gasteiger partial charge in [0.05, 0.1) is 0 Å². The number of benzene rings is 34. The second-order valence-corrected chi connectivity index (χ2v) is 49.0. The largest absolute Gasteiger partial charge is 0.0353 e. The summed E-state index contributed by atoms with van der Waals surface area (Å²) in [5.74, 6) is 0. The molecule has 0 aliphatic heterocycles. The normalized spacial score (nSPS) is 29.5. The topological polar surface area (TPSA) is 0 Å². The van der Waals surface area contributed by atoms with Crippen molar-refractivity contribution in [1.29, 1.82) is 0 Å². The molecule has 4 unspecified atom stereocenters. The van der Waals surface area contributed by atoms with Gasteiger partial charge in [-0.3, -0.25) is 0 Å². The molecule has 3 fully saturated rings. The summed E-state index contributed by atoms with van der Waals surface area (Å²) >= 11 is 0. The van der Waals surface area contributed by atoms with Crippen molar-refractivity contribution in [3.8, 4) is 0 Å². The minimum Gasteiger partial charge on any atom is -0.0235 e. The molecule has 0 heterocycles. The number of rotatable bonds is 0. The van der Waals surface area contributed by atoms with E-state index in [4.69, 9.17) is 0 Å². The lowest BCUT2D eigenvalue weighted by Gasteiger charge is -2.88. The lowest BCUT2D eigenvalue weighted by atomic mass is 9.11. The van der Waals surface area contributed by atoms with Crippen LogP contribution in [0.3, 0.4) is 0 Å². The van der Waals surface area contributed by atoms with Gasteiger partial charge in [-0.05, 0) is 618 Å². The molecular formula is C122H4. The third-order valence-electron chi connectivity index (χ3n) is 51.3. The lowest BCUT2D eigenvalue weighted by Crippen LogP contribution is -2.95. The van der Waals surface area contributed by atoms with E-state index in [0.717, 1.165) is 0 Å². The molecule has 15 aliphatic carbocycles. The summed E-state index contributed by atoms with van der Waals surface area (Å²) in [6.07, 6.45) is 2.40. The molecule has 0 heteroatoms. The molecule has 52 aromatic carbocycles. The van der Waals surface area contributed by atoms with Gasteiger partial charge in [0, 0.05) is 43.3 Å². The van der Waals surface area contributed by atoms with Gasteiger partial charge in [0.1, 0.15) is 0 Å². The van der Waals surface area contributed by atoms with E-state index < -0.39 is 43.3 Å². The molecule has 0 radical (unpaired) electrons. The van der Waals surface area contributed by atoms with E-state index >= 15 is 0 Å². The quantitative estimate of drug-likeness (QED) is 0.133. The first-order valence-electron chi connectivity index (χ1n) is 46.9. The van der Waals surface area contributed by atoms with Crippen LogP contribution < -0.4 is 0 Å². The van der Waals surface area contributed by atoms with Gasteiger partial charge in [0.2, 0.25) is 0 Å². The van der Waals surface area contributed by atoms with Gasteiger partial charge in [-0.1, -0.05) is 0 Å². The first-order valence-corrected chi connectivity index (χ1v) is 46.9. The van der Waals surface area contributed by atoms with Gasteiger partial charge in [-0.25, -0.2) is 0 Å².